The molecule has 0 aliphatic heterocycles. The topological polar surface area (TPSA) is 77.2 Å². The lowest BCUT2D eigenvalue weighted by atomic mass is 10.0. The molecule has 6 nitrogen and oxygen atoms in total. The lowest BCUT2D eigenvalue weighted by molar-refractivity contribution is 0.0941. The zero-order valence-electron chi connectivity index (χ0n) is 16.0. The monoisotopic (exact) mass is 371 g/mol. The van der Waals surface area contributed by atoms with Crippen LogP contribution in [0.15, 0.2) is 28.8 Å². The van der Waals surface area contributed by atoms with Crippen LogP contribution < -0.4 is 10.1 Å². The number of amides is 1. The fraction of sp³-hybridized carbons (Fsp3) is 0.350. The van der Waals surface area contributed by atoms with Crippen molar-refractivity contribution in [2.24, 2.45) is 0 Å². The van der Waals surface area contributed by atoms with Gasteiger partial charge in [-0.1, -0.05) is 25.1 Å². The Labute approximate surface area is 156 Å². The van der Waals surface area contributed by atoms with E-state index in [0.29, 0.717) is 27.9 Å². The molecule has 0 radical (unpaired) electrons. The lowest BCUT2D eigenvalue weighted by Crippen LogP contribution is -2.27. The molecular weight excluding hydrogens is 349 g/mol. The zero-order valence-corrected chi connectivity index (χ0v) is 16.0. The second kappa shape index (κ2) is 7.34. The molecule has 1 amide bonds. The van der Waals surface area contributed by atoms with E-state index in [2.05, 4.69) is 15.5 Å². The quantitative estimate of drug-likeness (QED) is 0.724. The summed E-state index contributed by atoms with van der Waals surface area (Å²) >= 11 is 0. The average molecular weight is 371 g/mol. The lowest BCUT2D eigenvalue weighted by Gasteiger charge is -2.16. The molecule has 1 atom stereocenters. The molecule has 27 heavy (non-hydrogen) atoms. The summed E-state index contributed by atoms with van der Waals surface area (Å²) < 4.78 is 24.2. The molecule has 0 aliphatic rings. The van der Waals surface area contributed by atoms with E-state index >= 15 is 0 Å². The van der Waals surface area contributed by atoms with Crippen LogP contribution >= 0.6 is 0 Å². The maximum Gasteiger partial charge on any atom is 0.259 e. The van der Waals surface area contributed by atoms with Gasteiger partial charge >= 0.3 is 0 Å². The molecule has 142 valence electrons. The third-order valence-corrected chi connectivity index (χ3v) is 4.50. The van der Waals surface area contributed by atoms with E-state index in [9.17, 15) is 9.18 Å². The molecule has 3 rings (SSSR count). The van der Waals surface area contributed by atoms with Gasteiger partial charge in [0, 0.05) is 5.69 Å². The highest BCUT2D eigenvalue weighted by Crippen LogP contribution is 2.26. The number of halogens is 1. The van der Waals surface area contributed by atoms with Crippen molar-refractivity contribution in [1.29, 1.82) is 0 Å². The van der Waals surface area contributed by atoms with E-state index in [-0.39, 0.29) is 17.6 Å². The number of rotatable bonds is 5. The first-order valence-electron chi connectivity index (χ1n) is 8.73. The second-order valence-corrected chi connectivity index (χ2v) is 6.79. The van der Waals surface area contributed by atoms with Gasteiger partial charge in [-0.05, 0) is 43.5 Å². The number of pyridine rings is 1. The van der Waals surface area contributed by atoms with Crippen molar-refractivity contribution in [2.75, 3.05) is 7.11 Å². The van der Waals surface area contributed by atoms with Gasteiger partial charge in [0.1, 0.15) is 0 Å². The summed E-state index contributed by atoms with van der Waals surface area (Å²) in [6, 6.07) is 5.98. The third kappa shape index (κ3) is 3.63. The number of carbonyl (C=O) groups excluding carboxylic acids is 1. The van der Waals surface area contributed by atoms with Gasteiger partial charge in [0.15, 0.2) is 11.6 Å². The average Bonchev–Trinajstić information content (AvgIpc) is 3.01. The summed E-state index contributed by atoms with van der Waals surface area (Å²) in [5.41, 5.74) is 2.77. The van der Waals surface area contributed by atoms with Gasteiger partial charge in [-0.2, -0.15) is 0 Å². The predicted octanol–water partition coefficient (Wildman–Crippen LogP) is 4.29. The van der Waals surface area contributed by atoms with E-state index in [4.69, 9.17) is 9.26 Å². The number of aryl methyl sites for hydroxylation is 1. The number of aromatic nitrogens is 2. The fourth-order valence-electron chi connectivity index (χ4n) is 2.90. The minimum Gasteiger partial charge on any atom is -0.494 e. The first kappa shape index (κ1) is 18.8. The number of nitrogens with one attached hydrogen (secondary N) is 1. The van der Waals surface area contributed by atoms with Crippen LogP contribution in [-0.4, -0.2) is 23.2 Å². The number of hydrogen-bond donors (Lipinski definition) is 1. The Morgan fingerprint density at radius 2 is 2.00 bits per heavy atom. The largest absolute Gasteiger partial charge is 0.494 e. The van der Waals surface area contributed by atoms with Gasteiger partial charge in [-0.15, -0.1) is 0 Å². The highest BCUT2D eigenvalue weighted by molar-refractivity contribution is 6.06. The molecule has 0 fully saturated rings. The molecule has 1 aromatic carbocycles. The van der Waals surface area contributed by atoms with Crippen LogP contribution in [0.4, 0.5) is 4.39 Å². The number of methoxy groups -OCH3 is 1. The smallest absolute Gasteiger partial charge is 0.259 e. The van der Waals surface area contributed by atoms with Gasteiger partial charge in [-0.3, -0.25) is 4.79 Å². The molecule has 0 aliphatic carbocycles. The molecule has 2 aromatic heterocycles. The summed E-state index contributed by atoms with van der Waals surface area (Å²) in [4.78, 5) is 17.4. The Morgan fingerprint density at radius 1 is 1.26 bits per heavy atom. The van der Waals surface area contributed by atoms with E-state index in [1.165, 1.54) is 13.2 Å². The van der Waals surface area contributed by atoms with E-state index in [0.717, 1.165) is 5.69 Å². The Morgan fingerprint density at radius 3 is 2.63 bits per heavy atom. The van der Waals surface area contributed by atoms with Crippen LogP contribution in [0.5, 0.6) is 5.75 Å². The Kier molecular flexibility index (Phi) is 5.12. The summed E-state index contributed by atoms with van der Waals surface area (Å²) in [6.45, 7) is 7.53. The first-order valence-corrected chi connectivity index (χ1v) is 8.73. The Balaban J connectivity index is 1.93. The summed E-state index contributed by atoms with van der Waals surface area (Å²) in [7, 11) is 1.41. The molecule has 0 saturated heterocycles. The van der Waals surface area contributed by atoms with Crippen LogP contribution in [-0.2, 0) is 0 Å². The number of ether oxygens (including phenoxy) is 1. The van der Waals surface area contributed by atoms with Gasteiger partial charge in [0.25, 0.3) is 11.6 Å². The zero-order chi connectivity index (χ0) is 19.7. The highest BCUT2D eigenvalue weighted by atomic mass is 19.1. The van der Waals surface area contributed by atoms with E-state index in [1.54, 1.807) is 32.0 Å². The molecule has 2 heterocycles. The molecule has 0 spiro atoms. The molecule has 3 aromatic rings. The number of nitrogens with zero attached hydrogens (tertiary/aromatic N) is 2. The molecule has 7 heteroatoms. The number of hydrogen-bond acceptors (Lipinski definition) is 5. The van der Waals surface area contributed by atoms with Gasteiger partial charge in [0.05, 0.1) is 29.8 Å². The van der Waals surface area contributed by atoms with Crippen LogP contribution in [0.1, 0.15) is 60.0 Å². The van der Waals surface area contributed by atoms with E-state index < -0.39 is 11.9 Å². The van der Waals surface area contributed by atoms with Crippen molar-refractivity contribution in [3.05, 3.63) is 52.6 Å². The summed E-state index contributed by atoms with van der Waals surface area (Å²) in [5, 5.41) is 7.42. The maximum absolute atomic E-state index is 14.0. The molecular formula is C20H22FN3O3. The van der Waals surface area contributed by atoms with Crippen molar-refractivity contribution in [3.63, 3.8) is 0 Å². The number of fused-ring (bicyclic) bond motifs is 1. The highest BCUT2D eigenvalue weighted by Gasteiger charge is 2.21. The van der Waals surface area contributed by atoms with Crippen molar-refractivity contribution in [3.8, 4) is 5.75 Å². The molecule has 0 bridgehead atoms. The van der Waals surface area contributed by atoms with Crippen LogP contribution in [0.3, 0.4) is 0 Å². The van der Waals surface area contributed by atoms with Crippen molar-refractivity contribution < 1.29 is 18.4 Å². The first-order chi connectivity index (χ1) is 12.8. The Bertz CT molecular complexity index is 998. The summed E-state index contributed by atoms with van der Waals surface area (Å²) in [5.74, 6) is -0.479. The van der Waals surface area contributed by atoms with Gasteiger partial charge < -0.3 is 14.6 Å². The standard InChI is InChI=1S/C20H22FN3O3/c1-10(2)16-9-14(18-12(4)24-27-20(18)23-16)19(25)22-11(3)13-6-7-17(26-5)15(21)8-13/h6-11H,1-5H3,(H,22,25). The SMILES string of the molecule is COc1ccc(C(C)NC(=O)c2cc(C(C)C)nc3onc(C)c23)cc1F. The molecule has 1 unspecified atom stereocenters. The third-order valence-electron chi connectivity index (χ3n) is 4.50. The number of benzene rings is 1. The fourth-order valence-corrected chi connectivity index (χ4v) is 2.90. The Hall–Kier alpha value is -2.96. The van der Waals surface area contributed by atoms with Crippen molar-refractivity contribution in [2.45, 2.75) is 39.7 Å². The minimum absolute atomic E-state index is 0.125. The van der Waals surface area contributed by atoms with Gasteiger partial charge in [-0.25, -0.2) is 9.37 Å². The van der Waals surface area contributed by atoms with E-state index in [1.807, 2.05) is 13.8 Å². The van der Waals surface area contributed by atoms with Crippen LogP contribution in [0, 0.1) is 12.7 Å². The van der Waals surface area contributed by atoms with Gasteiger partial charge in [0.2, 0.25) is 0 Å². The molecule has 1 N–H and O–H groups in total. The second-order valence-electron chi connectivity index (χ2n) is 6.79. The van der Waals surface area contributed by atoms with Crippen molar-refractivity contribution >= 4 is 17.0 Å². The minimum atomic E-state index is -0.473. The van der Waals surface area contributed by atoms with Crippen LogP contribution in [0.2, 0.25) is 0 Å². The summed E-state index contributed by atoms with van der Waals surface area (Å²) in [6.07, 6.45) is 0. The maximum atomic E-state index is 14.0. The normalized spacial score (nSPS) is 12.4. The predicted molar refractivity (Wildman–Crippen MR) is 99.5 cm³/mol. The number of carbonyl (C=O) groups is 1. The van der Waals surface area contributed by atoms with Crippen molar-refractivity contribution in [1.82, 2.24) is 15.5 Å². The molecule has 0 saturated carbocycles. The van der Waals surface area contributed by atoms with Crippen LogP contribution in [0.25, 0.3) is 11.1 Å².